The van der Waals surface area contributed by atoms with Crippen LogP contribution < -0.4 is 10.1 Å². The molecule has 0 aliphatic heterocycles. The van der Waals surface area contributed by atoms with Crippen LogP contribution in [-0.4, -0.2) is 36.7 Å². The van der Waals surface area contributed by atoms with E-state index in [-0.39, 0.29) is 30.5 Å². The first-order valence-electron chi connectivity index (χ1n) is 8.91. The summed E-state index contributed by atoms with van der Waals surface area (Å²) in [5.41, 5.74) is 4.21. The maximum Gasteiger partial charge on any atom is 0.573 e. The highest BCUT2D eigenvalue weighted by molar-refractivity contribution is 5.96. The van der Waals surface area contributed by atoms with E-state index in [1.165, 1.54) is 24.1 Å². The van der Waals surface area contributed by atoms with Crippen LogP contribution in [0, 0.1) is 20.8 Å². The molecule has 2 amide bonds. The molecule has 0 unspecified atom stereocenters. The van der Waals surface area contributed by atoms with E-state index >= 15 is 0 Å². The first-order chi connectivity index (χ1) is 13.4. The highest BCUT2D eigenvalue weighted by Gasteiger charge is 2.31. The Bertz CT molecular complexity index is 870. The maximum atomic E-state index is 12.3. The molecular formula is C21H23F3N2O3. The molecule has 2 rings (SSSR count). The minimum Gasteiger partial charge on any atom is -0.406 e. The van der Waals surface area contributed by atoms with Crippen LogP contribution in [0.3, 0.4) is 0 Å². The van der Waals surface area contributed by atoms with E-state index in [4.69, 9.17) is 0 Å². The number of carbonyl (C=O) groups is 2. The van der Waals surface area contributed by atoms with E-state index in [0.29, 0.717) is 5.56 Å². The van der Waals surface area contributed by atoms with Crippen molar-refractivity contribution in [3.8, 4) is 5.75 Å². The highest BCUT2D eigenvalue weighted by atomic mass is 19.4. The number of halogens is 3. The number of anilines is 1. The molecular weight excluding hydrogens is 385 g/mol. The molecule has 2 aromatic rings. The lowest BCUT2D eigenvalue weighted by atomic mass is 10.1. The predicted molar refractivity (Wildman–Crippen MR) is 104 cm³/mol. The summed E-state index contributed by atoms with van der Waals surface area (Å²) in [5.74, 6) is -1.02. The molecule has 8 heteroatoms. The predicted octanol–water partition coefficient (Wildman–Crippen LogP) is 4.15. The summed E-state index contributed by atoms with van der Waals surface area (Å²) in [6.45, 7) is 5.63. The van der Waals surface area contributed by atoms with Crippen LogP contribution in [0.1, 0.15) is 22.3 Å². The summed E-state index contributed by atoms with van der Waals surface area (Å²) in [6, 6.07) is 8.97. The molecule has 0 saturated heterocycles. The molecule has 0 aromatic heterocycles. The van der Waals surface area contributed by atoms with Gasteiger partial charge in [-0.1, -0.05) is 29.8 Å². The molecule has 0 fully saturated rings. The van der Waals surface area contributed by atoms with E-state index < -0.39 is 6.36 Å². The zero-order chi connectivity index (χ0) is 21.8. The van der Waals surface area contributed by atoms with Gasteiger partial charge in [0.25, 0.3) is 0 Å². The summed E-state index contributed by atoms with van der Waals surface area (Å²) in [6.07, 6.45) is -4.81. The Morgan fingerprint density at radius 2 is 1.59 bits per heavy atom. The molecule has 0 aliphatic rings. The maximum absolute atomic E-state index is 12.3. The number of amides is 2. The third-order valence-electron chi connectivity index (χ3n) is 4.26. The van der Waals surface area contributed by atoms with Crippen molar-refractivity contribution >= 4 is 17.5 Å². The largest absolute Gasteiger partial charge is 0.573 e. The van der Waals surface area contributed by atoms with Gasteiger partial charge in [-0.05, 0) is 49.6 Å². The average molecular weight is 408 g/mol. The van der Waals surface area contributed by atoms with E-state index in [1.807, 2.05) is 32.9 Å². The number of hydrogen-bond donors (Lipinski definition) is 1. The Kier molecular flexibility index (Phi) is 6.89. The van der Waals surface area contributed by atoms with E-state index in [2.05, 4.69) is 10.1 Å². The molecule has 0 radical (unpaired) electrons. The van der Waals surface area contributed by atoms with Gasteiger partial charge in [0.2, 0.25) is 11.8 Å². The fraction of sp³-hybridized carbons (Fsp3) is 0.333. The molecule has 0 spiro atoms. The lowest BCUT2D eigenvalue weighted by Crippen LogP contribution is -2.36. The summed E-state index contributed by atoms with van der Waals surface area (Å²) in [5, 5.41) is 2.83. The van der Waals surface area contributed by atoms with Crippen molar-refractivity contribution in [3.63, 3.8) is 0 Å². The topological polar surface area (TPSA) is 58.6 Å². The fourth-order valence-electron chi connectivity index (χ4n) is 2.98. The first-order valence-corrected chi connectivity index (χ1v) is 8.91. The molecule has 0 aliphatic carbocycles. The third kappa shape index (κ3) is 6.81. The standard InChI is InChI=1S/C21H23F3N2O3/c1-13-9-14(2)20(15(3)10-13)25-18(27)12-26(4)19(28)11-16-5-7-17(8-6-16)29-21(22,23)24/h5-10H,11-12H2,1-4H3,(H,25,27). The fourth-order valence-corrected chi connectivity index (χ4v) is 2.98. The number of benzene rings is 2. The van der Waals surface area contributed by atoms with Crippen LogP contribution in [0.15, 0.2) is 36.4 Å². The van der Waals surface area contributed by atoms with E-state index in [0.717, 1.165) is 34.5 Å². The van der Waals surface area contributed by atoms with Crippen LogP contribution in [0.25, 0.3) is 0 Å². The van der Waals surface area contributed by atoms with Gasteiger partial charge in [-0.3, -0.25) is 9.59 Å². The number of carbonyl (C=O) groups excluding carboxylic acids is 2. The van der Waals surface area contributed by atoms with Crippen molar-refractivity contribution in [1.82, 2.24) is 4.90 Å². The van der Waals surface area contributed by atoms with Gasteiger partial charge >= 0.3 is 6.36 Å². The summed E-state index contributed by atoms with van der Waals surface area (Å²) in [4.78, 5) is 25.9. The average Bonchev–Trinajstić information content (AvgIpc) is 2.58. The molecule has 0 heterocycles. The second-order valence-electron chi connectivity index (χ2n) is 6.94. The monoisotopic (exact) mass is 408 g/mol. The van der Waals surface area contributed by atoms with Gasteiger partial charge in [-0.25, -0.2) is 0 Å². The van der Waals surface area contributed by atoms with E-state index in [9.17, 15) is 22.8 Å². The molecule has 0 atom stereocenters. The van der Waals surface area contributed by atoms with Gasteiger partial charge < -0.3 is 15.0 Å². The molecule has 156 valence electrons. The number of rotatable bonds is 6. The summed E-state index contributed by atoms with van der Waals surface area (Å²) >= 11 is 0. The molecule has 2 aromatic carbocycles. The number of aryl methyl sites for hydroxylation is 3. The quantitative estimate of drug-likeness (QED) is 0.781. The number of ether oxygens (including phenoxy) is 1. The van der Waals surface area contributed by atoms with Crippen LogP contribution in [0.4, 0.5) is 18.9 Å². The van der Waals surface area contributed by atoms with Gasteiger partial charge in [0.1, 0.15) is 5.75 Å². The summed E-state index contributed by atoms with van der Waals surface area (Å²) in [7, 11) is 1.50. The van der Waals surface area contributed by atoms with Crippen LogP contribution in [0.5, 0.6) is 5.75 Å². The Labute approximate surface area is 167 Å². The Morgan fingerprint density at radius 3 is 2.10 bits per heavy atom. The smallest absolute Gasteiger partial charge is 0.406 e. The van der Waals surface area contributed by atoms with Crippen molar-refractivity contribution in [2.75, 3.05) is 18.9 Å². The second-order valence-corrected chi connectivity index (χ2v) is 6.94. The minimum atomic E-state index is -4.76. The number of nitrogens with zero attached hydrogens (tertiary/aromatic N) is 1. The van der Waals surface area contributed by atoms with Gasteiger partial charge in [-0.2, -0.15) is 0 Å². The molecule has 0 saturated carbocycles. The van der Waals surface area contributed by atoms with Crippen molar-refractivity contribution < 1.29 is 27.5 Å². The Hall–Kier alpha value is -3.03. The van der Waals surface area contributed by atoms with Gasteiger partial charge in [0.05, 0.1) is 13.0 Å². The number of alkyl halides is 3. The third-order valence-corrected chi connectivity index (χ3v) is 4.26. The SMILES string of the molecule is Cc1cc(C)c(NC(=O)CN(C)C(=O)Cc2ccc(OC(F)(F)F)cc2)c(C)c1. The van der Waals surface area contributed by atoms with Crippen LogP contribution in [-0.2, 0) is 16.0 Å². The summed E-state index contributed by atoms with van der Waals surface area (Å²) < 4.78 is 40.3. The number of hydrogen-bond acceptors (Lipinski definition) is 3. The van der Waals surface area contributed by atoms with Gasteiger partial charge in [0.15, 0.2) is 0 Å². The highest BCUT2D eigenvalue weighted by Crippen LogP contribution is 2.23. The Morgan fingerprint density at radius 1 is 1.03 bits per heavy atom. The molecule has 1 N–H and O–H groups in total. The minimum absolute atomic E-state index is 0.0430. The van der Waals surface area contributed by atoms with Gasteiger partial charge in [-0.15, -0.1) is 13.2 Å². The van der Waals surface area contributed by atoms with Crippen molar-refractivity contribution in [1.29, 1.82) is 0 Å². The van der Waals surface area contributed by atoms with Gasteiger partial charge in [0, 0.05) is 12.7 Å². The lowest BCUT2D eigenvalue weighted by molar-refractivity contribution is -0.274. The van der Waals surface area contributed by atoms with Crippen LogP contribution in [0.2, 0.25) is 0 Å². The van der Waals surface area contributed by atoms with Crippen molar-refractivity contribution in [3.05, 3.63) is 58.7 Å². The van der Waals surface area contributed by atoms with Crippen molar-refractivity contribution in [2.45, 2.75) is 33.6 Å². The zero-order valence-electron chi connectivity index (χ0n) is 16.7. The molecule has 29 heavy (non-hydrogen) atoms. The van der Waals surface area contributed by atoms with Crippen molar-refractivity contribution in [2.24, 2.45) is 0 Å². The Balaban J connectivity index is 1.92. The van der Waals surface area contributed by atoms with E-state index in [1.54, 1.807) is 0 Å². The molecule has 0 bridgehead atoms. The lowest BCUT2D eigenvalue weighted by Gasteiger charge is -2.18. The zero-order valence-corrected chi connectivity index (χ0v) is 16.7. The second kappa shape index (κ2) is 8.98. The first kappa shape index (κ1) is 22.3. The number of nitrogens with one attached hydrogen (secondary N) is 1. The molecule has 5 nitrogen and oxygen atoms in total. The normalized spacial score (nSPS) is 11.1. The van der Waals surface area contributed by atoms with Crippen LogP contribution >= 0.6 is 0 Å². The number of likely N-dealkylation sites (N-methyl/N-ethyl adjacent to an activating group) is 1.